The first kappa shape index (κ1) is 13.3. The summed E-state index contributed by atoms with van der Waals surface area (Å²) in [5, 5.41) is 0.759. The van der Waals surface area contributed by atoms with Crippen molar-refractivity contribution in [2.24, 2.45) is 0 Å². The third kappa shape index (κ3) is 2.84. The fourth-order valence-corrected chi connectivity index (χ4v) is 1.91. The molecule has 0 unspecified atom stereocenters. The molecular formula is C15H17NO3. The lowest BCUT2D eigenvalue weighted by Gasteiger charge is -2.16. The van der Waals surface area contributed by atoms with Gasteiger partial charge >= 0.3 is 5.63 Å². The molecule has 100 valence electrons. The Morgan fingerprint density at radius 3 is 2.79 bits per heavy atom. The maximum Gasteiger partial charge on any atom is 0.349 e. The zero-order valence-corrected chi connectivity index (χ0v) is 11.2. The highest BCUT2D eigenvalue weighted by atomic mass is 16.4. The van der Waals surface area contributed by atoms with E-state index in [1.165, 1.54) is 0 Å². The van der Waals surface area contributed by atoms with Crippen molar-refractivity contribution >= 4 is 16.9 Å². The molecule has 0 aliphatic rings. The van der Waals surface area contributed by atoms with Gasteiger partial charge in [-0.2, -0.15) is 0 Å². The van der Waals surface area contributed by atoms with Gasteiger partial charge in [0, 0.05) is 19.0 Å². The van der Waals surface area contributed by atoms with E-state index in [4.69, 9.17) is 4.42 Å². The Morgan fingerprint density at radius 1 is 1.32 bits per heavy atom. The molecule has 0 bridgehead atoms. The van der Waals surface area contributed by atoms with Crippen LogP contribution >= 0.6 is 0 Å². The van der Waals surface area contributed by atoms with Crippen LogP contribution in [-0.2, 0) is 0 Å². The van der Waals surface area contributed by atoms with E-state index in [1.807, 2.05) is 12.1 Å². The Bertz CT molecular complexity index is 645. The number of hydrogen-bond acceptors (Lipinski definition) is 3. The Morgan fingerprint density at radius 2 is 2.05 bits per heavy atom. The predicted molar refractivity (Wildman–Crippen MR) is 74.4 cm³/mol. The normalized spacial score (nSPS) is 10.6. The average Bonchev–Trinajstić information content (AvgIpc) is 2.43. The number of hydrogen-bond donors (Lipinski definition) is 0. The molecule has 19 heavy (non-hydrogen) atoms. The summed E-state index contributed by atoms with van der Waals surface area (Å²) in [4.78, 5) is 25.6. The summed E-state index contributed by atoms with van der Waals surface area (Å²) in [7, 11) is 1.70. The van der Waals surface area contributed by atoms with Gasteiger partial charge in [-0.3, -0.25) is 4.79 Å². The molecule has 4 nitrogen and oxygen atoms in total. The van der Waals surface area contributed by atoms with Crippen LogP contribution in [0.25, 0.3) is 11.0 Å². The van der Waals surface area contributed by atoms with Crippen molar-refractivity contribution in [3.63, 3.8) is 0 Å². The van der Waals surface area contributed by atoms with Crippen molar-refractivity contribution in [1.82, 2.24) is 4.90 Å². The first-order valence-electron chi connectivity index (χ1n) is 6.42. The maximum atomic E-state index is 12.2. The van der Waals surface area contributed by atoms with Crippen molar-refractivity contribution in [2.75, 3.05) is 13.6 Å². The van der Waals surface area contributed by atoms with E-state index < -0.39 is 5.63 Å². The molecule has 0 N–H and O–H groups in total. The first-order chi connectivity index (χ1) is 9.13. The Hall–Kier alpha value is -2.10. The smallest absolute Gasteiger partial charge is 0.349 e. The van der Waals surface area contributed by atoms with Crippen LogP contribution in [0.1, 0.15) is 30.1 Å². The molecule has 0 radical (unpaired) electrons. The summed E-state index contributed by atoms with van der Waals surface area (Å²) in [6.45, 7) is 2.70. The second-order valence-corrected chi connectivity index (χ2v) is 4.57. The molecule has 2 aromatic rings. The number of nitrogens with zero attached hydrogens (tertiary/aromatic N) is 1. The van der Waals surface area contributed by atoms with Crippen LogP contribution in [0.3, 0.4) is 0 Å². The molecule has 1 aromatic carbocycles. The van der Waals surface area contributed by atoms with Gasteiger partial charge in [0.15, 0.2) is 0 Å². The second kappa shape index (κ2) is 5.69. The molecule has 2 rings (SSSR count). The average molecular weight is 259 g/mol. The summed E-state index contributed by atoms with van der Waals surface area (Å²) >= 11 is 0. The Balaban J connectivity index is 2.36. The molecule has 1 heterocycles. The quantitative estimate of drug-likeness (QED) is 0.793. The van der Waals surface area contributed by atoms with Crippen molar-refractivity contribution in [2.45, 2.75) is 19.8 Å². The zero-order chi connectivity index (χ0) is 13.8. The third-order valence-corrected chi connectivity index (χ3v) is 3.07. The van der Waals surface area contributed by atoms with E-state index >= 15 is 0 Å². The number of carbonyl (C=O) groups is 1. The Kier molecular flexibility index (Phi) is 4.00. The summed E-state index contributed by atoms with van der Waals surface area (Å²) in [6.07, 6.45) is 1.92. The van der Waals surface area contributed by atoms with Crippen molar-refractivity contribution in [3.05, 3.63) is 46.3 Å². The molecule has 0 spiro atoms. The van der Waals surface area contributed by atoms with Gasteiger partial charge in [-0.1, -0.05) is 31.5 Å². The van der Waals surface area contributed by atoms with Crippen LogP contribution in [0.4, 0.5) is 0 Å². The van der Waals surface area contributed by atoms with E-state index in [0.29, 0.717) is 12.1 Å². The minimum absolute atomic E-state index is 0.0947. The van der Waals surface area contributed by atoms with Crippen LogP contribution in [-0.4, -0.2) is 24.4 Å². The van der Waals surface area contributed by atoms with Gasteiger partial charge in [0.25, 0.3) is 5.91 Å². The van der Waals surface area contributed by atoms with Crippen LogP contribution in [0.15, 0.2) is 39.5 Å². The van der Waals surface area contributed by atoms with E-state index in [0.717, 1.165) is 18.2 Å². The molecule has 0 atom stereocenters. The molecule has 0 aliphatic heterocycles. The van der Waals surface area contributed by atoms with E-state index in [2.05, 4.69) is 6.92 Å². The third-order valence-electron chi connectivity index (χ3n) is 3.07. The van der Waals surface area contributed by atoms with E-state index in [1.54, 1.807) is 30.1 Å². The molecule has 4 heteroatoms. The fraction of sp³-hybridized carbons (Fsp3) is 0.333. The molecule has 0 fully saturated rings. The lowest BCUT2D eigenvalue weighted by Crippen LogP contribution is -2.31. The molecule has 1 amide bonds. The minimum Gasteiger partial charge on any atom is -0.422 e. The van der Waals surface area contributed by atoms with Crippen LogP contribution < -0.4 is 5.63 Å². The van der Waals surface area contributed by atoms with Crippen molar-refractivity contribution in [1.29, 1.82) is 0 Å². The zero-order valence-electron chi connectivity index (χ0n) is 11.2. The topological polar surface area (TPSA) is 50.5 Å². The van der Waals surface area contributed by atoms with E-state index in [-0.39, 0.29) is 11.5 Å². The van der Waals surface area contributed by atoms with Gasteiger partial charge in [0.05, 0.1) is 0 Å². The molecule has 0 aliphatic carbocycles. The monoisotopic (exact) mass is 259 g/mol. The molecule has 0 saturated heterocycles. The first-order valence-corrected chi connectivity index (χ1v) is 6.42. The van der Waals surface area contributed by atoms with Gasteiger partial charge in [0.1, 0.15) is 11.1 Å². The lowest BCUT2D eigenvalue weighted by atomic mass is 10.1. The predicted octanol–water partition coefficient (Wildman–Crippen LogP) is 2.67. The number of benzene rings is 1. The van der Waals surface area contributed by atoms with Crippen LogP contribution in [0, 0.1) is 0 Å². The highest BCUT2D eigenvalue weighted by molar-refractivity contribution is 5.96. The van der Waals surface area contributed by atoms with E-state index in [9.17, 15) is 9.59 Å². The SMILES string of the molecule is CCCCN(C)C(=O)c1cc2ccccc2oc1=O. The molecule has 0 saturated carbocycles. The number of fused-ring (bicyclic) bond motifs is 1. The number of amides is 1. The number of rotatable bonds is 4. The van der Waals surface area contributed by atoms with Crippen LogP contribution in [0.2, 0.25) is 0 Å². The number of unbranched alkanes of at least 4 members (excludes halogenated alkanes) is 1. The molecule has 1 aromatic heterocycles. The van der Waals surface area contributed by atoms with Gasteiger partial charge < -0.3 is 9.32 Å². The Labute approximate surface area is 111 Å². The highest BCUT2D eigenvalue weighted by Gasteiger charge is 2.17. The van der Waals surface area contributed by atoms with Crippen molar-refractivity contribution < 1.29 is 9.21 Å². The number of carbonyl (C=O) groups excluding carboxylic acids is 1. The minimum atomic E-state index is -0.577. The second-order valence-electron chi connectivity index (χ2n) is 4.57. The van der Waals surface area contributed by atoms with Gasteiger partial charge in [0.2, 0.25) is 0 Å². The number of para-hydroxylation sites is 1. The van der Waals surface area contributed by atoms with Crippen LogP contribution in [0.5, 0.6) is 0 Å². The fourth-order valence-electron chi connectivity index (χ4n) is 1.91. The largest absolute Gasteiger partial charge is 0.422 e. The summed E-state index contributed by atoms with van der Waals surface area (Å²) in [6, 6.07) is 8.77. The van der Waals surface area contributed by atoms with Gasteiger partial charge in [-0.25, -0.2) is 4.79 Å². The molecular weight excluding hydrogens is 242 g/mol. The summed E-state index contributed by atoms with van der Waals surface area (Å²) in [5.41, 5.74) is 0.0182. The van der Waals surface area contributed by atoms with Crippen molar-refractivity contribution in [3.8, 4) is 0 Å². The summed E-state index contributed by atoms with van der Waals surface area (Å²) in [5.74, 6) is -0.284. The van der Waals surface area contributed by atoms with Gasteiger partial charge in [-0.05, 0) is 18.6 Å². The lowest BCUT2D eigenvalue weighted by molar-refractivity contribution is 0.0789. The van der Waals surface area contributed by atoms with Gasteiger partial charge in [-0.15, -0.1) is 0 Å². The summed E-state index contributed by atoms with van der Waals surface area (Å²) < 4.78 is 5.17. The highest BCUT2D eigenvalue weighted by Crippen LogP contribution is 2.13. The standard InChI is InChI=1S/C15H17NO3/c1-3-4-9-16(2)14(17)12-10-11-7-5-6-8-13(11)19-15(12)18/h5-8,10H,3-4,9H2,1-2H3. The maximum absolute atomic E-state index is 12.2.